The van der Waals surface area contributed by atoms with E-state index in [0.29, 0.717) is 18.4 Å². The maximum atomic E-state index is 12.1. The molecule has 1 aliphatic heterocycles. The van der Waals surface area contributed by atoms with Gasteiger partial charge >= 0.3 is 0 Å². The van der Waals surface area contributed by atoms with E-state index in [9.17, 15) is 4.79 Å². The second-order valence-corrected chi connectivity index (χ2v) is 6.12. The summed E-state index contributed by atoms with van der Waals surface area (Å²) in [5.74, 6) is 0.680. The first-order valence-corrected chi connectivity index (χ1v) is 7.68. The van der Waals surface area contributed by atoms with Crippen molar-refractivity contribution in [3.05, 3.63) is 35.4 Å². The molecule has 1 unspecified atom stereocenters. The van der Waals surface area contributed by atoms with E-state index in [0.717, 1.165) is 38.8 Å². The minimum Gasteiger partial charge on any atom is -0.372 e. The summed E-state index contributed by atoms with van der Waals surface area (Å²) < 4.78 is 6.01. The highest BCUT2D eigenvalue weighted by Gasteiger charge is 2.35. The molecule has 1 aromatic carbocycles. The highest BCUT2D eigenvalue weighted by atomic mass is 16.5. The summed E-state index contributed by atoms with van der Waals surface area (Å²) in [6, 6.07) is 8.43. The monoisotopic (exact) mass is 273 g/mol. The Morgan fingerprint density at radius 2 is 2.20 bits per heavy atom. The SMILES string of the molecule is Cc1cccc(COC2CCCN(C(=O)C3CC3)C2)c1. The van der Waals surface area contributed by atoms with Crippen molar-refractivity contribution in [3.63, 3.8) is 0 Å². The first-order chi connectivity index (χ1) is 9.72. The van der Waals surface area contributed by atoms with Crippen LogP contribution in [0.5, 0.6) is 0 Å². The van der Waals surface area contributed by atoms with Crippen molar-refractivity contribution >= 4 is 5.91 Å². The molecule has 1 atom stereocenters. The lowest BCUT2D eigenvalue weighted by molar-refractivity contribution is -0.137. The molecule has 1 saturated carbocycles. The molecule has 3 heteroatoms. The molecule has 108 valence electrons. The topological polar surface area (TPSA) is 29.5 Å². The molecule has 1 amide bonds. The first kappa shape index (κ1) is 13.6. The number of amides is 1. The molecule has 2 fully saturated rings. The summed E-state index contributed by atoms with van der Waals surface area (Å²) in [6.07, 6.45) is 4.51. The fourth-order valence-electron chi connectivity index (χ4n) is 2.88. The number of hydrogen-bond acceptors (Lipinski definition) is 2. The highest BCUT2D eigenvalue weighted by Crippen LogP contribution is 2.32. The minimum absolute atomic E-state index is 0.201. The van der Waals surface area contributed by atoms with E-state index in [-0.39, 0.29) is 6.10 Å². The lowest BCUT2D eigenvalue weighted by Crippen LogP contribution is -2.43. The van der Waals surface area contributed by atoms with E-state index in [1.807, 2.05) is 4.90 Å². The number of benzene rings is 1. The third kappa shape index (κ3) is 3.40. The second-order valence-electron chi connectivity index (χ2n) is 6.12. The number of rotatable bonds is 4. The van der Waals surface area contributed by atoms with Crippen molar-refractivity contribution in [1.82, 2.24) is 4.90 Å². The molecule has 0 N–H and O–H groups in total. The lowest BCUT2D eigenvalue weighted by Gasteiger charge is -2.33. The van der Waals surface area contributed by atoms with Gasteiger partial charge in [-0.15, -0.1) is 0 Å². The molecule has 3 nitrogen and oxygen atoms in total. The van der Waals surface area contributed by atoms with Gasteiger partial charge in [-0.25, -0.2) is 0 Å². The predicted octanol–water partition coefficient (Wildman–Crippen LogP) is 2.91. The predicted molar refractivity (Wildman–Crippen MR) is 78.3 cm³/mol. The molecule has 1 saturated heterocycles. The molecule has 0 aromatic heterocycles. The fourth-order valence-corrected chi connectivity index (χ4v) is 2.88. The summed E-state index contributed by atoms with van der Waals surface area (Å²) >= 11 is 0. The van der Waals surface area contributed by atoms with Gasteiger partial charge in [0.05, 0.1) is 12.7 Å². The van der Waals surface area contributed by atoms with Gasteiger partial charge in [-0.05, 0) is 38.2 Å². The number of nitrogens with zero attached hydrogens (tertiary/aromatic N) is 1. The Morgan fingerprint density at radius 1 is 1.35 bits per heavy atom. The number of ether oxygens (including phenoxy) is 1. The highest BCUT2D eigenvalue weighted by molar-refractivity contribution is 5.81. The van der Waals surface area contributed by atoms with E-state index >= 15 is 0 Å². The number of hydrogen-bond donors (Lipinski definition) is 0. The zero-order chi connectivity index (χ0) is 13.9. The van der Waals surface area contributed by atoms with Crippen LogP contribution in [0.25, 0.3) is 0 Å². The summed E-state index contributed by atoms with van der Waals surface area (Å²) in [7, 11) is 0. The van der Waals surface area contributed by atoms with Gasteiger partial charge in [0, 0.05) is 19.0 Å². The largest absolute Gasteiger partial charge is 0.372 e. The van der Waals surface area contributed by atoms with Crippen LogP contribution >= 0.6 is 0 Å². The van der Waals surface area contributed by atoms with Crippen molar-refractivity contribution in [1.29, 1.82) is 0 Å². The molecular formula is C17H23NO2. The molecule has 3 rings (SSSR count). The van der Waals surface area contributed by atoms with Gasteiger partial charge < -0.3 is 9.64 Å². The number of carbonyl (C=O) groups excluding carboxylic acids is 1. The summed E-state index contributed by atoms with van der Waals surface area (Å²) in [4.78, 5) is 14.1. The quantitative estimate of drug-likeness (QED) is 0.844. The average Bonchev–Trinajstić information content (AvgIpc) is 3.29. The molecular weight excluding hydrogens is 250 g/mol. The fraction of sp³-hybridized carbons (Fsp3) is 0.588. The molecule has 0 radical (unpaired) electrons. The number of piperidine rings is 1. The third-order valence-corrected chi connectivity index (χ3v) is 4.18. The van der Waals surface area contributed by atoms with Crippen LogP contribution in [0.1, 0.15) is 36.8 Å². The zero-order valence-electron chi connectivity index (χ0n) is 12.2. The maximum Gasteiger partial charge on any atom is 0.225 e. The molecule has 1 aromatic rings. The van der Waals surface area contributed by atoms with Crippen molar-refractivity contribution in [2.24, 2.45) is 5.92 Å². The van der Waals surface area contributed by atoms with Crippen molar-refractivity contribution in [2.45, 2.75) is 45.3 Å². The van der Waals surface area contributed by atoms with Crippen molar-refractivity contribution in [2.75, 3.05) is 13.1 Å². The normalized spacial score (nSPS) is 22.9. The van der Waals surface area contributed by atoms with E-state index in [1.54, 1.807) is 0 Å². The van der Waals surface area contributed by atoms with Crippen LogP contribution in [0.4, 0.5) is 0 Å². The third-order valence-electron chi connectivity index (χ3n) is 4.18. The van der Waals surface area contributed by atoms with Gasteiger partial charge in [0.1, 0.15) is 0 Å². The van der Waals surface area contributed by atoms with Crippen LogP contribution in [0.15, 0.2) is 24.3 Å². The Morgan fingerprint density at radius 3 is 2.95 bits per heavy atom. The maximum absolute atomic E-state index is 12.1. The van der Waals surface area contributed by atoms with Crippen LogP contribution in [-0.2, 0) is 16.1 Å². The van der Waals surface area contributed by atoms with Crippen LogP contribution in [0.2, 0.25) is 0 Å². The number of likely N-dealkylation sites (tertiary alicyclic amines) is 1. The van der Waals surface area contributed by atoms with Gasteiger partial charge in [-0.3, -0.25) is 4.79 Å². The van der Waals surface area contributed by atoms with Crippen LogP contribution < -0.4 is 0 Å². The van der Waals surface area contributed by atoms with Gasteiger partial charge in [-0.1, -0.05) is 29.8 Å². The first-order valence-electron chi connectivity index (χ1n) is 7.68. The Bertz CT molecular complexity index is 482. The molecule has 1 heterocycles. The zero-order valence-corrected chi connectivity index (χ0v) is 12.2. The minimum atomic E-state index is 0.201. The summed E-state index contributed by atoms with van der Waals surface area (Å²) in [5.41, 5.74) is 2.48. The number of carbonyl (C=O) groups is 1. The van der Waals surface area contributed by atoms with Gasteiger partial charge in [-0.2, -0.15) is 0 Å². The van der Waals surface area contributed by atoms with E-state index < -0.39 is 0 Å². The Hall–Kier alpha value is -1.35. The van der Waals surface area contributed by atoms with E-state index in [4.69, 9.17) is 4.74 Å². The Labute approximate surface area is 120 Å². The number of aryl methyl sites for hydroxylation is 1. The van der Waals surface area contributed by atoms with E-state index in [1.165, 1.54) is 11.1 Å². The average molecular weight is 273 g/mol. The smallest absolute Gasteiger partial charge is 0.225 e. The summed E-state index contributed by atoms with van der Waals surface area (Å²) in [5, 5.41) is 0. The van der Waals surface area contributed by atoms with Gasteiger partial charge in [0.25, 0.3) is 0 Å². The van der Waals surface area contributed by atoms with Crippen molar-refractivity contribution in [3.8, 4) is 0 Å². The standard InChI is InChI=1S/C17H23NO2/c1-13-4-2-5-14(10-13)12-20-16-6-3-9-18(11-16)17(19)15-7-8-15/h2,4-5,10,15-16H,3,6-9,11-12H2,1H3. The second kappa shape index (κ2) is 5.96. The Kier molecular flexibility index (Phi) is 4.06. The molecule has 1 aliphatic carbocycles. The molecule has 0 bridgehead atoms. The van der Waals surface area contributed by atoms with Gasteiger partial charge in [0.2, 0.25) is 5.91 Å². The summed E-state index contributed by atoms with van der Waals surface area (Å²) in [6.45, 7) is 4.44. The lowest BCUT2D eigenvalue weighted by atomic mass is 10.1. The van der Waals surface area contributed by atoms with Crippen LogP contribution in [-0.4, -0.2) is 30.0 Å². The van der Waals surface area contributed by atoms with Crippen LogP contribution in [0, 0.1) is 12.8 Å². The molecule has 0 spiro atoms. The Balaban J connectivity index is 1.51. The van der Waals surface area contributed by atoms with Gasteiger partial charge in [0.15, 0.2) is 0 Å². The van der Waals surface area contributed by atoms with Crippen LogP contribution in [0.3, 0.4) is 0 Å². The molecule has 2 aliphatic rings. The van der Waals surface area contributed by atoms with Crippen molar-refractivity contribution < 1.29 is 9.53 Å². The van der Waals surface area contributed by atoms with E-state index in [2.05, 4.69) is 31.2 Å². The molecule has 20 heavy (non-hydrogen) atoms.